The average molecular weight is 250 g/mol. The zero-order valence-corrected chi connectivity index (χ0v) is 9.18. The summed E-state index contributed by atoms with van der Waals surface area (Å²) < 4.78 is 11.7. The van der Waals surface area contributed by atoms with Crippen molar-refractivity contribution >= 4 is 17.2 Å². The molecule has 0 saturated heterocycles. The molecule has 0 bridgehead atoms. The Kier molecular flexibility index (Phi) is 2.39. The van der Waals surface area contributed by atoms with Crippen LogP contribution in [0.4, 0.5) is 6.01 Å². The minimum absolute atomic E-state index is 0.0913. The van der Waals surface area contributed by atoms with Crippen LogP contribution in [0.1, 0.15) is 6.23 Å². The van der Waals surface area contributed by atoms with E-state index in [0.717, 1.165) is 0 Å². The lowest BCUT2D eigenvalue weighted by atomic mass is 10.4. The Morgan fingerprint density at radius 3 is 3.06 bits per heavy atom. The van der Waals surface area contributed by atoms with Crippen molar-refractivity contribution in [3.05, 3.63) is 28.9 Å². The summed E-state index contributed by atoms with van der Waals surface area (Å²) in [6, 6.07) is -0.227. The minimum Gasteiger partial charge on any atom is -0.393 e. The molecule has 0 aliphatic carbocycles. The van der Waals surface area contributed by atoms with Gasteiger partial charge in [-0.25, -0.2) is 9.78 Å². The van der Waals surface area contributed by atoms with Crippen LogP contribution in [0.15, 0.2) is 27.7 Å². The fourth-order valence-corrected chi connectivity index (χ4v) is 1.82. The predicted molar refractivity (Wildman–Crippen MR) is 60.6 cm³/mol. The van der Waals surface area contributed by atoms with Gasteiger partial charge < -0.3 is 20.0 Å². The number of nitrogens with two attached hydrogens (primary N) is 1. The van der Waals surface area contributed by atoms with E-state index in [1.165, 1.54) is 6.33 Å². The molecular weight excluding hydrogens is 240 g/mol. The first-order chi connectivity index (χ1) is 8.69. The zero-order valence-electron chi connectivity index (χ0n) is 9.18. The quantitative estimate of drug-likeness (QED) is 0.684. The first-order valence-corrected chi connectivity index (χ1v) is 5.27. The maximum atomic E-state index is 11.5. The van der Waals surface area contributed by atoms with Gasteiger partial charge in [0.15, 0.2) is 17.4 Å². The summed E-state index contributed by atoms with van der Waals surface area (Å²) in [5.41, 5.74) is 5.13. The molecule has 0 fully saturated rings. The fraction of sp³-hybridized carbons (Fsp3) is 0.300. The molecule has 94 valence electrons. The van der Waals surface area contributed by atoms with Crippen molar-refractivity contribution in [2.75, 3.05) is 12.3 Å². The number of nitrogen functional groups attached to an aromatic ring is 1. The van der Waals surface area contributed by atoms with Crippen LogP contribution in [-0.2, 0) is 4.74 Å². The summed E-state index contributed by atoms with van der Waals surface area (Å²) in [5.74, 6) is 0. The number of aliphatic hydroxyl groups excluding tert-OH is 1. The van der Waals surface area contributed by atoms with E-state index in [9.17, 15) is 4.79 Å². The second kappa shape index (κ2) is 3.93. The summed E-state index contributed by atoms with van der Waals surface area (Å²) >= 11 is 0. The summed E-state index contributed by atoms with van der Waals surface area (Å²) in [4.78, 5) is 19.3. The molecule has 0 saturated carbocycles. The molecule has 1 aliphatic heterocycles. The normalized spacial score (nSPS) is 22.9. The van der Waals surface area contributed by atoms with Crippen molar-refractivity contribution in [1.82, 2.24) is 14.5 Å². The molecular formula is C10H10N4O4. The van der Waals surface area contributed by atoms with Gasteiger partial charge in [-0.15, -0.1) is 0 Å². The third kappa shape index (κ3) is 1.59. The van der Waals surface area contributed by atoms with E-state index in [0.29, 0.717) is 0 Å². The van der Waals surface area contributed by atoms with Gasteiger partial charge in [0.25, 0.3) is 6.01 Å². The fourth-order valence-electron chi connectivity index (χ4n) is 1.82. The van der Waals surface area contributed by atoms with E-state index < -0.39 is 11.9 Å². The van der Waals surface area contributed by atoms with Gasteiger partial charge in [0.05, 0.1) is 12.9 Å². The summed E-state index contributed by atoms with van der Waals surface area (Å²) in [6.07, 6.45) is 4.05. The average Bonchev–Trinajstić information content (AvgIpc) is 2.93. The Morgan fingerprint density at radius 1 is 1.50 bits per heavy atom. The van der Waals surface area contributed by atoms with Crippen molar-refractivity contribution in [2.45, 2.75) is 12.3 Å². The van der Waals surface area contributed by atoms with Gasteiger partial charge in [0.2, 0.25) is 0 Å². The SMILES string of the molecule is Nc1nc2c(ncn2[C@H]2C=C[C@@H](CO)O2)c(=O)o1. The Labute approximate surface area is 100 Å². The smallest absolute Gasteiger partial charge is 0.368 e. The molecule has 1 aliphatic rings. The lowest BCUT2D eigenvalue weighted by Gasteiger charge is -2.13. The van der Waals surface area contributed by atoms with Gasteiger partial charge in [0.1, 0.15) is 6.10 Å². The van der Waals surface area contributed by atoms with E-state index in [1.807, 2.05) is 0 Å². The molecule has 0 radical (unpaired) electrons. The second-order valence-corrected chi connectivity index (χ2v) is 3.80. The molecule has 2 aromatic heterocycles. The van der Waals surface area contributed by atoms with Crippen molar-refractivity contribution in [1.29, 1.82) is 0 Å². The van der Waals surface area contributed by atoms with E-state index >= 15 is 0 Å². The van der Waals surface area contributed by atoms with Crippen LogP contribution >= 0.6 is 0 Å². The van der Waals surface area contributed by atoms with Crippen LogP contribution in [0, 0.1) is 0 Å². The van der Waals surface area contributed by atoms with Crippen molar-refractivity contribution in [3.63, 3.8) is 0 Å². The number of hydrogen-bond acceptors (Lipinski definition) is 7. The van der Waals surface area contributed by atoms with Crippen molar-refractivity contribution in [3.8, 4) is 0 Å². The largest absolute Gasteiger partial charge is 0.393 e. The highest BCUT2D eigenvalue weighted by Crippen LogP contribution is 2.23. The highest BCUT2D eigenvalue weighted by Gasteiger charge is 2.23. The lowest BCUT2D eigenvalue weighted by Crippen LogP contribution is -2.15. The predicted octanol–water partition coefficient (Wildman–Crippen LogP) is -0.587. The minimum atomic E-state index is -0.642. The molecule has 8 nitrogen and oxygen atoms in total. The van der Waals surface area contributed by atoms with Gasteiger partial charge in [-0.1, -0.05) is 6.08 Å². The third-order valence-electron chi connectivity index (χ3n) is 2.63. The number of rotatable bonds is 2. The number of nitrogens with zero attached hydrogens (tertiary/aromatic N) is 3. The molecule has 2 aromatic rings. The van der Waals surface area contributed by atoms with E-state index in [1.54, 1.807) is 16.7 Å². The highest BCUT2D eigenvalue weighted by atomic mass is 16.5. The summed E-state index contributed by atoms with van der Waals surface area (Å²) in [6.45, 7) is -0.114. The number of aromatic nitrogens is 3. The van der Waals surface area contributed by atoms with Gasteiger partial charge in [0, 0.05) is 0 Å². The molecule has 0 aromatic carbocycles. The molecule has 3 N–H and O–H groups in total. The number of fused-ring (bicyclic) bond motifs is 1. The monoisotopic (exact) mass is 250 g/mol. The van der Waals surface area contributed by atoms with Crippen LogP contribution in [0.25, 0.3) is 11.2 Å². The van der Waals surface area contributed by atoms with Crippen LogP contribution in [0.2, 0.25) is 0 Å². The van der Waals surface area contributed by atoms with Gasteiger partial charge in [-0.3, -0.25) is 4.57 Å². The molecule has 0 spiro atoms. The van der Waals surface area contributed by atoms with Crippen molar-refractivity contribution < 1.29 is 14.3 Å². The Balaban J connectivity index is 2.09. The highest BCUT2D eigenvalue weighted by molar-refractivity contribution is 5.69. The number of ether oxygens (including phenoxy) is 1. The van der Waals surface area contributed by atoms with Crippen LogP contribution in [0.3, 0.4) is 0 Å². The Morgan fingerprint density at radius 2 is 2.33 bits per heavy atom. The topological polar surface area (TPSA) is 116 Å². The van der Waals surface area contributed by atoms with E-state index in [2.05, 4.69) is 14.4 Å². The Bertz CT molecular complexity index is 674. The molecule has 18 heavy (non-hydrogen) atoms. The summed E-state index contributed by atoms with van der Waals surface area (Å²) in [5, 5.41) is 8.98. The molecule has 8 heteroatoms. The van der Waals surface area contributed by atoms with Crippen LogP contribution in [-0.4, -0.2) is 32.4 Å². The van der Waals surface area contributed by atoms with Gasteiger partial charge in [-0.05, 0) is 6.08 Å². The first kappa shape index (κ1) is 10.9. The maximum Gasteiger partial charge on any atom is 0.368 e. The van der Waals surface area contributed by atoms with E-state index in [4.69, 9.17) is 15.6 Å². The molecule has 3 heterocycles. The number of aliphatic hydroxyl groups is 1. The second-order valence-electron chi connectivity index (χ2n) is 3.80. The molecule has 0 amide bonds. The zero-order chi connectivity index (χ0) is 12.7. The lowest BCUT2D eigenvalue weighted by molar-refractivity contribution is -0.00639. The Hall–Kier alpha value is -2.19. The van der Waals surface area contributed by atoms with Crippen molar-refractivity contribution in [2.24, 2.45) is 0 Å². The molecule has 0 unspecified atom stereocenters. The first-order valence-electron chi connectivity index (χ1n) is 5.27. The van der Waals surface area contributed by atoms with Gasteiger partial charge >= 0.3 is 5.63 Å². The third-order valence-corrected chi connectivity index (χ3v) is 2.63. The van der Waals surface area contributed by atoms with Crippen LogP contribution in [0.5, 0.6) is 0 Å². The standard InChI is InChI=1S/C10H10N4O4/c11-10-13-8-7(9(16)18-10)12-4-14(8)6-2-1-5(3-15)17-6/h1-2,4-6,15H,3H2,(H2,11,13)/t5-,6+/m0/s1. The number of hydrogen-bond donors (Lipinski definition) is 2. The molecule has 2 atom stereocenters. The maximum absolute atomic E-state index is 11.5. The van der Waals surface area contributed by atoms with Gasteiger partial charge in [-0.2, -0.15) is 4.98 Å². The molecule has 3 rings (SSSR count). The van der Waals surface area contributed by atoms with Crippen LogP contribution < -0.4 is 11.4 Å². The van der Waals surface area contributed by atoms with E-state index in [-0.39, 0.29) is 29.9 Å². The summed E-state index contributed by atoms with van der Waals surface area (Å²) in [7, 11) is 0. The number of anilines is 1. The number of imidazole rings is 1.